The third-order valence-electron chi connectivity index (χ3n) is 3.53. The highest BCUT2D eigenvalue weighted by Crippen LogP contribution is 2.25. The van der Waals surface area contributed by atoms with Crippen LogP contribution in [0.3, 0.4) is 0 Å². The van der Waals surface area contributed by atoms with Gasteiger partial charge < -0.3 is 9.73 Å². The van der Waals surface area contributed by atoms with Gasteiger partial charge in [0.2, 0.25) is 0 Å². The molecule has 2 aromatic carbocycles. The fourth-order valence-electron chi connectivity index (χ4n) is 2.24. The van der Waals surface area contributed by atoms with E-state index in [2.05, 4.69) is 21.2 Å². The highest BCUT2D eigenvalue weighted by atomic mass is 79.9. The molecule has 1 heterocycles. The fourth-order valence-corrected chi connectivity index (χ4v) is 2.75. The minimum absolute atomic E-state index is 0.0576. The molecule has 3 rings (SSSR count). The first-order chi connectivity index (χ1) is 12.6. The molecule has 0 aliphatic carbocycles. The first-order valence-corrected chi connectivity index (χ1v) is 8.77. The maximum atomic E-state index is 12.3. The molecule has 0 atom stereocenters. The van der Waals surface area contributed by atoms with Crippen LogP contribution in [0.25, 0.3) is 17.4 Å². The molecular weight excluding hydrogens is 416 g/mol. The Kier molecular flexibility index (Phi) is 5.57. The van der Waals surface area contributed by atoms with E-state index in [0.717, 1.165) is 10.0 Å². The molecule has 3 aromatic rings. The van der Waals surface area contributed by atoms with Crippen LogP contribution < -0.4 is 5.32 Å². The molecule has 26 heavy (non-hydrogen) atoms. The zero-order valence-corrected chi connectivity index (χ0v) is 15.7. The van der Waals surface area contributed by atoms with Crippen molar-refractivity contribution in [3.63, 3.8) is 0 Å². The molecule has 1 N–H and O–H groups in total. The zero-order valence-electron chi connectivity index (χ0n) is 13.4. The Balaban J connectivity index is 1.81. The molecule has 4 nitrogen and oxygen atoms in total. The number of furan rings is 1. The summed E-state index contributed by atoms with van der Waals surface area (Å²) in [5.41, 5.74) is 1.38. The van der Waals surface area contributed by atoms with Gasteiger partial charge in [-0.05, 0) is 64.5 Å². The number of hydrogen-bond donors (Lipinski definition) is 1. The summed E-state index contributed by atoms with van der Waals surface area (Å²) in [6.07, 6.45) is 1.41. The van der Waals surface area contributed by atoms with Gasteiger partial charge >= 0.3 is 0 Å². The van der Waals surface area contributed by atoms with Gasteiger partial charge in [-0.1, -0.05) is 23.7 Å². The molecule has 0 radical (unpaired) electrons. The number of carbonyl (C=O) groups is 1. The van der Waals surface area contributed by atoms with E-state index in [1.54, 1.807) is 42.5 Å². The van der Waals surface area contributed by atoms with E-state index >= 15 is 0 Å². The van der Waals surface area contributed by atoms with Crippen LogP contribution in [-0.2, 0) is 4.79 Å². The number of rotatable bonds is 4. The summed E-state index contributed by atoms with van der Waals surface area (Å²) in [5, 5.41) is 12.6. The molecule has 0 unspecified atom stereocenters. The Morgan fingerprint density at radius 1 is 1.12 bits per heavy atom. The Morgan fingerprint density at radius 2 is 1.85 bits per heavy atom. The summed E-state index contributed by atoms with van der Waals surface area (Å²) in [5.74, 6) is 0.522. The zero-order chi connectivity index (χ0) is 18.5. The van der Waals surface area contributed by atoms with Crippen molar-refractivity contribution in [3.8, 4) is 17.4 Å². The van der Waals surface area contributed by atoms with E-state index in [-0.39, 0.29) is 5.57 Å². The minimum atomic E-state index is -0.510. The summed E-state index contributed by atoms with van der Waals surface area (Å²) >= 11 is 9.23. The number of carbonyl (C=O) groups excluding carboxylic acids is 1. The van der Waals surface area contributed by atoms with E-state index in [1.165, 1.54) is 6.08 Å². The predicted molar refractivity (Wildman–Crippen MR) is 106 cm³/mol. The normalized spacial score (nSPS) is 11.0. The second-order valence-electron chi connectivity index (χ2n) is 5.31. The van der Waals surface area contributed by atoms with Crippen molar-refractivity contribution in [1.29, 1.82) is 5.26 Å². The molecule has 0 saturated carbocycles. The van der Waals surface area contributed by atoms with Crippen LogP contribution in [0.2, 0.25) is 5.02 Å². The molecule has 128 valence electrons. The largest absolute Gasteiger partial charge is 0.457 e. The van der Waals surface area contributed by atoms with Crippen molar-refractivity contribution in [2.24, 2.45) is 0 Å². The van der Waals surface area contributed by atoms with Crippen molar-refractivity contribution in [1.82, 2.24) is 0 Å². The van der Waals surface area contributed by atoms with Crippen molar-refractivity contribution in [2.45, 2.75) is 0 Å². The van der Waals surface area contributed by atoms with Crippen molar-refractivity contribution < 1.29 is 9.21 Å². The molecule has 0 aliphatic rings. The summed E-state index contributed by atoms with van der Waals surface area (Å²) < 4.78 is 6.44. The summed E-state index contributed by atoms with van der Waals surface area (Å²) in [6, 6.07) is 19.7. The predicted octanol–water partition coefficient (Wildman–Crippen LogP) is 5.91. The number of anilines is 1. The number of nitriles is 1. The monoisotopic (exact) mass is 426 g/mol. The van der Waals surface area contributed by atoms with Gasteiger partial charge in [0, 0.05) is 21.1 Å². The number of hydrogen-bond acceptors (Lipinski definition) is 3. The first kappa shape index (κ1) is 18.0. The summed E-state index contributed by atoms with van der Waals surface area (Å²) in [6.45, 7) is 0. The molecule has 0 aliphatic heterocycles. The molecule has 0 spiro atoms. The molecule has 0 saturated heterocycles. The Hall–Kier alpha value is -2.81. The van der Waals surface area contributed by atoms with Crippen LogP contribution in [-0.4, -0.2) is 5.91 Å². The number of nitrogens with zero attached hydrogens (tertiary/aromatic N) is 1. The van der Waals surface area contributed by atoms with Gasteiger partial charge in [0.15, 0.2) is 0 Å². The van der Waals surface area contributed by atoms with Gasteiger partial charge in [0.1, 0.15) is 23.2 Å². The van der Waals surface area contributed by atoms with E-state index in [4.69, 9.17) is 16.0 Å². The Labute approximate surface area is 163 Å². The van der Waals surface area contributed by atoms with E-state index in [1.807, 2.05) is 24.3 Å². The maximum absolute atomic E-state index is 12.3. The van der Waals surface area contributed by atoms with E-state index in [9.17, 15) is 10.1 Å². The van der Waals surface area contributed by atoms with Crippen LogP contribution in [0.4, 0.5) is 5.69 Å². The number of halogens is 2. The van der Waals surface area contributed by atoms with Crippen LogP contribution in [0.5, 0.6) is 0 Å². The van der Waals surface area contributed by atoms with Gasteiger partial charge in [0.05, 0.1) is 5.69 Å². The average Bonchev–Trinajstić information content (AvgIpc) is 3.10. The lowest BCUT2D eigenvalue weighted by Crippen LogP contribution is -2.13. The molecule has 1 aromatic heterocycles. The van der Waals surface area contributed by atoms with E-state index < -0.39 is 5.91 Å². The average molecular weight is 428 g/mol. The second kappa shape index (κ2) is 8.05. The lowest BCUT2D eigenvalue weighted by Gasteiger charge is -2.05. The number of benzene rings is 2. The SMILES string of the molecule is N#C/C(=C\c1ccc(-c2ccc(Cl)cc2)o1)C(=O)Nc1ccccc1Br. The smallest absolute Gasteiger partial charge is 0.266 e. The van der Waals surface area contributed by atoms with Crippen LogP contribution in [0.1, 0.15) is 5.76 Å². The molecule has 0 bridgehead atoms. The molecule has 6 heteroatoms. The van der Waals surface area contributed by atoms with Gasteiger partial charge in [-0.25, -0.2) is 0 Å². The number of nitrogens with one attached hydrogen (secondary N) is 1. The van der Waals surface area contributed by atoms with Crippen molar-refractivity contribution in [3.05, 3.63) is 81.5 Å². The molecular formula is C20H12BrClN2O2. The minimum Gasteiger partial charge on any atom is -0.457 e. The topological polar surface area (TPSA) is 66.0 Å². The first-order valence-electron chi connectivity index (χ1n) is 7.60. The Bertz CT molecular complexity index is 1020. The lowest BCUT2D eigenvalue weighted by molar-refractivity contribution is -0.112. The Morgan fingerprint density at radius 3 is 2.54 bits per heavy atom. The second-order valence-corrected chi connectivity index (χ2v) is 6.60. The quantitative estimate of drug-likeness (QED) is 0.416. The van der Waals surface area contributed by atoms with Crippen molar-refractivity contribution >= 4 is 45.2 Å². The van der Waals surface area contributed by atoms with Gasteiger partial charge in [-0.2, -0.15) is 5.26 Å². The lowest BCUT2D eigenvalue weighted by atomic mass is 10.2. The van der Waals surface area contributed by atoms with Gasteiger partial charge in [0.25, 0.3) is 5.91 Å². The third kappa shape index (κ3) is 4.23. The fraction of sp³-hybridized carbons (Fsp3) is 0. The van der Waals surface area contributed by atoms with Crippen LogP contribution in [0, 0.1) is 11.3 Å². The third-order valence-corrected chi connectivity index (χ3v) is 4.47. The molecule has 0 fully saturated rings. The van der Waals surface area contributed by atoms with Gasteiger partial charge in [-0.3, -0.25) is 4.79 Å². The standard InChI is InChI=1S/C20H12BrClN2O2/c21-17-3-1-2-4-18(17)24-20(25)14(12-23)11-16-9-10-19(26-16)13-5-7-15(22)8-6-13/h1-11H,(H,24,25)/b14-11+. The van der Waals surface area contributed by atoms with Crippen molar-refractivity contribution in [2.75, 3.05) is 5.32 Å². The number of amides is 1. The molecule has 1 amide bonds. The number of para-hydroxylation sites is 1. The van der Waals surface area contributed by atoms with Crippen LogP contribution in [0.15, 0.2) is 75.1 Å². The maximum Gasteiger partial charge on any atom is 0.266 e. The van der Waals surface area contributed by atoms with Crippen LogP contribution >= 0.6 is 27.5 Å². The highest BCUT2D eigenvalue weighted by molar-refractivity contribution is 9.10. The summed E-state index contributed by atoms with van der Waals surface area (Å²) in [7, 11) is 0. The highest BCUT2D eigenvalue weighted by Gasteiger charge is 2.12. The van der Waals surface area contributed by atoms with Gasteiger partial charge in [-0.15, -0.1) is 0 Å². The summed E-state index contributed by atoms with van der Waals surface area (Å²) in [4.78, 5) is 12.3. The van der Waals surface area contributed by atoms with E-state index in [0.29, 0.717) is 22.2 Å².